The third-order valence-corrected chi connectivity index (χ3v) is 3.07. The van der Waals surface area contributed by atoms with Gasteiger partial charge in [-0.3, -0.25) is 0 Å². The molecule has 3 heteroatoms. The van der Waals surface area contributed by atoms with Gasteiger partial charge < -0.3 is 15.4 Å². The SMILES string of the molecule is CCOC(CN)CN1CCC(CC)C1. The van der Waals surface area contributed by atoms with E-state index in [1.807, 2.05) is 6.92 Å². The Morgan fingerprint density at radius 1 is 1.50 bits per heavy atom. The highest BCUT2D eigenvalue weighted by atomic mass is 16.5. The normalized spacial score (nSPS) is 25.5. The molecule has 0 amide bonds. The molecule has 14 heavy (non-hydrogen) atoms. The fraction of sp³-hybridized carbons (Fsp3) is 1.00. The van der Waals surface area contributed by atoms with Crippen LogP contribution in [0.5, 0.6) is 0 Å². The summed E-state index contributed by atoms with van der Waals surface area (Å²) in [5.41, 5.74) is 5.65. The van der Waals surface area contributed by atoms with Crippen molar-refractivity contribution in [3.8, 4) is 0 Å². The van der Waals surface area contributed by atoms with Gasteiger partial charge in [-0.2, -0.15) is 0 Å². The Morgan fingerprint density at radius 3 is 2.79 bits per heavy atom. The first-order valence-electron chi connectivity index (χ1n) is 5.84. The van der Waals surface area contributed by atoms with Gasteiger partial charge >= 0.3 is 0 Å². The number of ether oxygens (including phenoxy) is 1. The van der Waals surface area contributed by atoms with Crippen LogP contribution in [0.15, 0.2) is 0 Å². The summed E-state index contributed by atoms with van der Waals surface area (Å²) < 4.78 is 5.56. The summed E-state index contributed by atoms with van der Waals surface area (Å²) in [5.74, 6) is 0.898. The molecule has 2 N–H and O–H groups in total. The second-order valence-electron chi connectivity index (χ2n) is 4.14. The van der Waals surface area contributed by atoms with Crippen LogP contribution in [-0.2, 0) is 4.74 Å². The van der Waals surface area contributed by atoms with Crippen molar-refractivity contribution in [1.29, 1.82) is 0 Å². The molecule has 0 aliphatic carbocycles. The number of hydrogen-bond acceptors (Lipinski definition) is 3. The van der Waals surface area contributed by atoms with Gasteiger partial charge in [0.15, 0.2) is 0 Å². The molecule has 1 saturated heterocycles. The number of rotatable bonds is 6. The van der Waals surface area contributed by atoms with Crippen molar-refractivity contribution in [2.75, 3.05) is 32.8 Å². The third kappa shape index (κ3) is 3.56. The zero-order valence-electron chi connectivity index (χ0n) is 9.54. The molecule has 2 unspecified atom stereocenters. The van der Waals surface area contributed by atoms with Crippen molar-refractivity contribution in [1.82, 2.24) is 4.90 Å². The maximum absolute atomic E-state index is 5.65. The molecular weight excluding hydrogens is 176 g/mol. The molecule has 1 rings (SSSR count). The standard InChI is InChI=1S/C11H24N2O/c1-3-10-5-6-13(8-10)9-11(7-12)14-4-2/h10-11H,3-9,12H2,1-2H3. The van der Waals surface area contributed by atoms with Gasteiger partial charge in [0.05, 0.1) is 6.10 Å². The van der Waals surface area contributed by atoms with Crippen LogP contribution in [0.25, 0.3) is 0 Å². The quantitative estimate of drug-likeness (QED) is 0.697. The maximum Gasteiger partial charge on any atom is 0.0823 e. The lowest BCUT2D eigenvalue weighted by atomic mass is 10.1. The Balaban J connectivity index is 2.22. The first-order valence-corrected chi connectivity index (χ1v) is 5.84. The van der Waals surface area contributed by atoms with Crippen LogP contribution in [0, 0.1) is 5.92 Å². The zero-order valence-corrected chi connectivity index (χ0v) is 9.54. The van der Waals surface area contributed by atoms with E-state index in [9.17, 15) is 0 Å². The largest absolute Gasteiger partial charge is 0.376 e. The molecule has 0 aromatic carbocycles. The van der Waals surface area contributed by atoms with Gasteiger partial charge in [0.2, 0.25) is 0 Å². The number of nitrogens with two attached hydrogens (primary N) is 1. The van der Waals surface area contributed by atoms with Crippen LogP contribution in [0.2, 0.25) is 0 Å². The second kappa shape index (κ2) is 6.38. The van der Waals surface area contributed by atoms with Crippen LogP contribution < -0.4 is 5.73 Å². The molecule has 0 radical (unpaired) electrons. The summed E-state index contributed by atoms with van der Waals surface area (Å²) >= 11 is 0. The van der Waals surface area contributed by atoms with Crippen molar-refractivity contribution in [2.45, 2.75) is 32.8 Å². The lowest BCUT2D eigenvalue weighted by Crippen LogP contribution is -2.37. The minimum Gasteiger partial charge on any atom is -0.376 e. The average molecular weight is 200 g/mol. The lowest BCUT2D eigenvalue weighted by Gasteiger charge is -2.22. The van der Waals surface area contributed by atoms with E-state index in [0.717, 1.165) is 19.1 Å². The van der Waals surface area contributed by atoms with Gasteiger partial charge in [0.25, 0.3) is 0 Å². The minimum absolute atomic E-state index is 0.232. The molecule has 1 fully saturated rings. The van der Waals surface area contributed by atoms with E-state index in [4.69, 9.17) is 10.5 Å². The summed E-state index contributed by atoms with van der Waals surface area (Å²) in [7, 11) is 0. The molecular formula is C11H24N2O. The van der Waals surface area contributed by atoms with E-state index in [1.54, 1.807) is 0 Å². The molecule has 1 aliphatic heterocycles. The molecule has 2 atom stereocenters. The van der Waals surface area contributed by atoms with E-state index in [0.29, 0.717) is 6.54 Å². The van der Waals surface area contributed by atoms with E-state index in [2.05, 4.69) is 11.8 Å². The molecule has 1 aliphatic rings. The van der Waals surface area contributed by atoms with E-state index in [-0.39, 0.29) is 6.10 Å². The van der Waals surface area contributed by atoms with Gasteiger partial charge in [0, 0.05) is 26.2 Å². The Kier molecular flexibility index (Phi) is 5.45. The Bertz CT molecular complexity index is 152. The summed E-state index contributed by atoms with van der Waals surface area (Å²) in [6, 6.07) is 0. The highest BCUT2D eigenvalue weighted by Gasteiger charge is 2.22. The predicted molar refractivity (Wildman–Crippen MR) is 59.3 cm³/mol. The fourth-order valence-electron chi connectivity index (χ4n) is 2.13. The summed E-state index contributed by atoms with van der Waals surface area (Å²) in [6.45, 7) is 9.19. The van der Waals surface area contributed by atoms with Gasteiger partial charge in [0.1, 0.15) is 0 Å². The maximum atomic E-state index is 5.65. The van der Waals surface area contributed by atoms with Crippen LogP contribution >= 0.6 is 0 Å². The molecule has 0 saturated carbocycles. The number of nitrogens with zero attached hydrogens (tertiary/aromatic N) is 1. The lowest BCUT2D eigenvalue weighted by molar-refractivity contribution is 0.0439. The first-order chi connectivity index (χ1) is 6.80. The molecule has 1 heterocycles. The smallest absolute Gasteiger partial charge is 0.0823 e. The zero-order chi connectivity index (χ0) is 10.4. The Labute approximate surface area is 87.6 Å². The van der Waals surface area contributed by atoms with Crippen molar-refractivity contribution < 1.29 is 4.74 Å². The molecule has 0 aromatic heterocycles. The summed E-state index contributed by atoms with van der Waals surface area (Å²) in [6.07, 6.45) is 2.88. The van der Waals surface area contributed by atoms with Crippen LogP contribution in [0.3, 0.4) is 0 Å². The summed E-state index contributed by atoms with van der Waals surface area (Å²) in [4.78, 5) is 2.49. The van der Waals surface area contributed by atoms with E-state index < -0.39 is 0 Å². The highest BCUT2D eigenvalue weighted by Crippen LogP contribution is 2.19. The summed E-state index contributed by atoms with van der Waals surface area (Å²) in [5, 5.41) is 0. The van der Waals surface area contributed by atoms with Gasteiger partial charge in [-0.25, -0.2) is 0 Å². The molecule has 84 valence electrons. The van der Waals surface area contributed by atoms with E-state index >= 15 is 0 Å². The monoisotopic (exact) mass is 200 g/mol. The Hall–Kier alpha value is -0.120. The van der Waals surface area contributed by atoms with Crippen molar-refractivity contribution >= 4 is 0 Å². The van der Waals surface area contributed by atoms with Crippen molar-refractivity contribution in [3.63, 3.8) is 0 Å². The van der Waals surface area contributed by atoms with Gasteiger partial charge in [-0.1, -0.05) is 13.3 Å². The third-order valence-electron chi connectivity index (χ3n) is 3.07. The van der Waals surface area contributed by atoms with Crippen molar-refractivity contribution in [2.24, 2.45) is 11.7 Å². The van der Waals surface area contributed by atoms with Gasteiger partial charge in [-0.05, 0) is 25.8 Å². The van der Waals surface area contributed by atoms with Gasteiger partial charge in [-0.15, -0.1) is 0 Å². The number of likely N-dealkylation sites (tertiary alicyclic amines) is 1. The fourth-order valence-corrected chi connectivity index (χ4v) is 2.13. The minimum atomic E-state index is 0.232. The first kappa shape index (κ1) is 12.0. The molecule has 0 bridgehead atoms. The van der Waals surface area contributed by atoms with Crippen molar-refractivity contribution in [3.05, 3.63) is 0 Å². The number of hydrogen-bond donors (Lipinski definition) is 1. The molecule has 3 nitrogen and oxygen atoms in total. The highest BCUT2D eigenvalue weighted by molar-refractivity contribution is 4.77. The molecule has 0 spiro atoms. The predicted octanol–water partition coefficient (Wildman–Crippen LogP) is 1.08. The van der Waals surface area contributed by atoms with Crippen LogP contribution in [0.4, 0.5) is 0 Å². The van der Waals surface area contributed by atoms with Crippen LogP contribution in [0.1, 0.15) is 26.7 Å². The average Bonchev–Trinajstić information content (AvgIpc) is 2.65. The molecule has 0 aromatic rings. The topological polar surface area (TPSA) is 38.5 Å². The van der Waals surface area contributed by atoms with E-state index in [1.165, 1.54) is 25.9 Å². The van der Waals surface area contributed by atoms with Crippen LogP contribution in [-0.4, -0.2) is 43.8 Å². The second-order valence-corrected chi connectivity index (χ2v) is 4.14. The Morgan fingerprint density at radius 2 is 2.29 bits per heavy atom.